The third-order valence-electron chi connectivity index (χ3n) is 6.44. The van der Waals surface area contributed by atoms with Crippen molar-refractivity contribution in [2.24, 2.45) is 23.2 Å². The van der Waals surface area contributed by atoms with E-state index in [1.807, 2.05) is 0 Å². The van der Waals surface area contributed by atoms with Crippen molar-refractivity contribution in [3.63, 3.8) is 0 Å². The van der Waals surface area contributed by atoms with Crippen molar-refractivity contribution in [2.45, 2.75) is 38.5 Å². The second kappa shape index (κ2) is 7.88. The zero-order chi connectivity index (χ0) is 20.4. The zero-order valence-electron chi connectivity index (χ0n) is 16.2. The molecular weight excluding hydrogens is 376 g/mol. The van der Waals surface area contributed by atoms with Crippen LogP contribution in [0, 0.1) is 23.2 Å². The van der Waals surface area contributed by atoms with Crippen LogP contribution in [0.2, 0.25) is 0 Å². The van der Waals surface area contributed by atoms with Gasteiger partial charge in [-0.2, -0.15) is 0 Å². The molecule has 9 nitrogen and oxygen atoms in total. The molecule has 0 atom stereocenters. The molecule has 0 radical (unpaired) electrons. The topological polar surface area (TPSA) is 130 Å². The van der Waals surface area contributed by atoms with Crippen LogP contribution in [-0.2, 0) is 14.4 Å². The highest BCUT2D eigenvalue weighted by atomic mass is 16.3. The lowest BCUT2D eigenvalue weighted by atomic mass is 9.49. The van der Waals surface area contributed by atoms with Crippen molar-refractivity contribution < 1.29 is 23.6 Å². The molecule has 0 saturated heterocycles. The van der Waals surface area contributed by atoms with Crippen molar-refractivity contribution >= 4 is 23.6 Å². The molecule has 0 aromatic carbocycles. The van der Waals surface area contributed by atoms with Crippen LogP contribution in [0.3, 0.4) is 0 Å². The fraction of sp³-hybridized carbons (Fsp3) is 0.600. The number of hydrogen-bond acceptors (Lipinski definition) is 5. The van der Waals surface area contributed by atoms with Crippen molar-refractivity contribution in [3.05, 3.63) is 24.2 Å². The van der Waals surface area contributed by atoms with Crippen molar-refractivity contribution in [1.29, 1.82) is 0 Å². The Hall–Kier alpha value is -2.84. The smallest absolute Gasteiger partial charge is 0.287 e. The van der Waals surface area contributed by atoms with Crippen LogP contribution < -0.4 is 21.5 Å². The van der Waals surface area contributed by atoms with Gasteiger partial charge in [-0.1, -0.05) is 0 Å². The maximum atomic E-state index is 12.8. The number of nitrogens with one attached hydrogen (secondary N) is 4. The molecule has 0 unspecified atom stereocenters. The zero-order valence-corrected chi connectivity index (χ0v) is 16.2. The Labute approximate surface area is 168 Å². The summed E-state index contributed by atoms with van der Waals surface area (Å²) in [5.74, 6) is 0.346. The molecule has 4 aliphatic rings. The lowest BCUT2D eigenvalue weighted by Crippen LogP contribution is -2.57. The summed E-state index contributed by atoms with van der Waals surface area (Å²) in [6.07, 6.45) is 7.80. The molecule has 5 rings (SSSR count). The van der Waals surface area contributed by atoms with Gasteiger partial charge in [0.2, 0.25) is 11.8 Å². The highest BCUT2D eigenvalue weighted by Crippen LogP contribution is 2.59. The molecule has 29 heavy (non-hydrogen) atoms. The van der Waals surface area contributed by atoms with Gasteiger partial charge in [-0.15, -0.1) is 0 Å². The largest absolute Gasteiger partial charge is 0.459 e. The van der Waals surface area contributed by atoms with E-state index in [1.54, 1.807) is 6.07 Å². The molecule has 1 heterocycles. The van der Waals surface area contributed by atoms with Gasteiger partial charge in [0.1, 0.15) is 0 Å². The van der Waals surface area contributed by atoms with Gasteiger partial charge in [-0.05, 0) is 68.4 Å². The minimum absolute atomic E-state index is 0.0999. The van der Waals surface area contributed by atoms with E-state index in [9.17, 15) is 19.2 Å². The lowest BCUT2D eigenvalue weighted by molar-refractivity contribution is -0.148. The molecule has 4 fully saturated rings. The first kappa shape index (κ1) is 19.5. The van der Waals surface area contributed by atoms with Crippen molar-refractivity contribution in [1.82, 2.24) is 21.5 Å². The number of hydrogen-bond donors (Lipinski definition) is 4. The van der Waals surface area contributed by atoms with E-state index in [2.05, 4.69) is 21.5 Å². The molecule has 4 aliphatic carbocycles. The van der Waals surface area contributed by atoms with Crippen LogP contribution in [0.25, 0.3) is 0 Å². The first-order valence-electron chi connectivity index (χ1n) is 10.1. The highest BCUT2D eigenvalue weighted by Gasteiger charge is 2.54. The standard InChI is InChI=1S/C20H26N4O5/c25-16(10-22-18(27)15-2-1-3-29-15)21-11-17(26)23-24-19(28)20-7-12-4-13(8-20)6-14(5-12)9-20/h1-3,12-14H,4-11H2,(H,21,25)(H,22,27)(H,23,26)(H,24,28). The monoisotopic (exact) mass is 402 g/mol. The van der Waals surface area contributed by atoms with Gasteiger partial charge in [-0.25, -0.2) is 0 Å². The molecule has 4 amide bonds. The van der Waals surface area contributed by atoms with Crippen molar-refractivity contribution in [3.8, 4) is 0 Å². The minimum atomic E-state index is -0.521. The van der Waals surface area contributed by atoms with Gasteiger partial charge in [0, 0.05) is 0 Å². The van der Waals surface area contributed by atoms with E-state index in [-0.39, 0.29) is 30.2 Å². The van der Waals surface area contributed by atoms with Gasteiger partial charge in [-0.3, -0.25) is 30.0 Å². The molecule has 1 aromatic rings. The maximum Gasteiger partial charge on any atom is 0.287 e. The van der Waals surface area contributed by atoms with Gasteiger partial charge in [0.05, 0.1) is 24.8 Å². The Bertz CT molecular complexity index is 769. The van der Waals surface area contributed by atoms with Crippen molar-refractivity contribution in [2.75, 3.05) is 13.1 Å². The molecule has 0 spiro atoms. The summed E-state index contributed by atoms with van der Waals surface area (Å²) in [4.78, 5) is 48.2. The van der Waals surface area contributed by atoms with E-state index in [4.69, 9.17) is 4.42 Å². The molecule has 0 aliphatic heterocycles. The Kier molecular flexibility index (Phi) is 5.29. The summed E-state index contributed by atoms with van der Waals surface area (Å²) in [7, 11) is 0. The summed E-state index contributed by atoms with van der Waals surface area (Å²) in [5, 5.41) is 4.78. The number of amides is 4. The number of rotatable bonds is 6. The predicted molar refractivity (Wildman–Crippen MR) is 101 cm³/mol. The Balaban J connectivity index is 1.16. The molecular formula is C20H26N4O5. The molecule has 4 N–H and O–H groups in total. The lowest BCUT2D eigenvalue weighted by Gasteiger charge is -2.55. The van der Waals surface area contributed by atoms with E-state index in [0.717, 1.165) is 19.3 Å². The molecule has 1 aromatic heterocycles. The average Bonchev–Trinajstić information content (AvgIpc) is 3.22. The van der Waals surface area contributed by atoms with E-state index in [1.165, 1.54) is 31.6 Å². The number of furan rings is 1. The van der Waals surface area contributed by atoms with Gasteiger partial charge in [0.25, 0.3) is 11.8 Å². The predicted octanol–water partition coefficient (Wildman–Crippen LogP) is 0.489. The summed E-state index contributed by atoms with van der Waals surface area (Å²) >= 11 is 0. The third kappa shape index (κ3) is 4.28. The van der Waals surface area contributed by atoms with Crippen LogP contribution in [0.15, 0.2) is 22.8 Å². The first-order valence-corrected chi connectivity index (χ1v) is 10.1. The van der Waals surface area contributed by atoms with Crippen LogP contribution in [0.5, 0.6) is 0 Å². The third-order valence-corrected chi connectivity index (χ3v) is 6.44. The quantitative estimate of drug-likeness (QED) is 0.515. The normalized spacial score (nSPS) is 29.2. The average molecular weight is 402 g/mol. The fourth-order valence-corrected chi connectivity index (χ4v) is 5.59. The van der Waals surface area contributed by atoms with E-state index >= 15 is 0 Å². The van der Waals surface area contributed by atoms with Gasteiger partial charge >= 0.3 is 0 Å². The number of hydrazine groups is 1. The number of carbonyl (C=O) groups is 4. The first-order chi connectivity index (χ1) is 13.9. The summed E-state index contributed by atoms with van der Waals surface area (Å²) in [6.45, 7) is -0.580. The van der Waals surface area contributed by atoms with E-state index in [0.29, 0.717) is 17.8 Å². The van der Waals surface area contributed by atoms with E-state index < -0.39 is 17.7 Å². The fourth-order valence-electron chi connectivity index (χ4n) is 5.59. The SMILES string of the molecule is O=C(CNC(=O)c1ccco1)NCC(=O)NNC(=O)C12CC3CC(CC(C3)C1)C2. The summed E-state index contributed by atoms with van der Waals surface area (Å²) in [5.41, 5.74) is 4.61. The second-order valence-corrected chi connectivity index (χ2v) is 8.64. The molecule has 9 heteroatoms. The summed E-state index contributed by atoms with van der Waals surface area (Å²) in [6, 6.07) is 3.05. The molecule has 4 saturated carbocycles. The van der Waals surface area contributed by atoms with Crippen LogP contribution in [0.4, 0.5) is 0 Å². The Morgan fingerprint density at radius 3 is 2.10 bits per heavy atom. The molecule has 4 bridgehead atoms. The second-order valence-electron chi connectivity index (χ2n) is 8.64. The summed E-state index contributed by atoms with van der Waals surface area (Å²) < 4.78 is 4.92. The maximum absolute atomic E-state index is 12.8. The van der Waals surface area contributed by atoms with Gasteiger partial charge in [0.15, 0.2) is 5.76 Å². The minimum Gasteiger partial charge on any atom is -0.459 e. The Morgan fingerprint density at radius 1 is 0.897 bits per heavy atom. The Morgan fingerprint density at radius 2 is 1.52 bits per heavy atom. The number of carbonyl (C=O) groups excluding carboxylic acids is 4. The van der Waals surface area contributed by atoms with Crippen LogP contribution in [-0.4, -0.2) is 36.7 Å². The molecule has 156 valence electrons. The van der Waals surface area contributed by atoms with Gasteiger partial charge < -0.3 is 15.1 Å². The highest BCUT2D eigenvalue weighted by molar-refractivity contribution is 5.95. The van der Waals surface area contributed by atoms with Crippen LogP contribution >= 0.6 is 0 Å². The van der Waals surface area contributed by atoms with Crippen LogP contribution in [0.1, 0.15) is 49.1 Å².